The summed E-state index contributed by atoms with van der Waals surface area (Å²) >= 11 is 0. The van der Waals surface area contributed by atoms with E-state index >= 15 is 0 Å². The Morgan fingerprint density at radius 3 is 2.83 bits per heavy atom. The molecular weight excluding hydrogens is 306 g/mol. The van der Waals surface area contributed by atoms with E-state index in [2.05, 4.69) is 21.9 Å². The Hall–Kier alpha value is -3.15. The van der Waals surface area contributed by atoms with Crippen molar-refractivity contribution in [1.29, 1.82) is 0 Å². The van der Waals surface area contributed by atoms with Gasteiger partial charge in [-0.2, -0.15) is 0 Å². The fourth-order valence-corrected chi connectivity index (χ4v) is 2.51. The number of para-hydroxylation sites is 1. The zero-order valence-corrected chi connectivity index (χ0v) is 13.4. The van der Waals surface area contributed by atoms with Crippen molar-refractivity contribution in [2.45, 2.75) is 6.54 Å². The first kappa shape index (κ1) is 15.7. The van der Waals surface area contributed by atoms with Crippen molar-refractivity contribution >= 4 is 16.7 Å². The van der Waals surface area contributed by atoms with E-state index in [0.717, 1.165) is 22.3 Å². The van der Waals surface area contributed by atoms with E-state index in [1.54, 1.807) is 13.2 Å². The molecule has 0 bridgehead atoms. The zero-order valence-electron chi connectivity index (χ0n) is 13.4. The van der Waals surface area contributed by atoms with Crippen LogP contribution in [0.1, 0.15) is 5.56 Å². The summed E-state index contributed by atoms with van der Waals surface area (Å²) in [5.41, 5.74) is 3.20. The van der Waals surface area contributed by atoms with Crippen molar-refractivity contribution in [3.8, 4) is 11.5 Å². The maximum atomic E-state index is 11.3. The van der Waals surface area contributed by atoms with Gasteiger partial charge in [0.05, 0.1) is 18.1 Å². The third-order valence-electron chi connectivity index (χ3n) is 3.62. The summed E-state index contributed by atoms with van der Waals surface area (Å²) in [5.74, 6) is 1.38. The molecule has 3 rings (SSSR count). The number of nitrogens with one attached hydrogen (secondary N) is 3. The standard InChI is InChI=1S/C18H19N3O3/c1-3-9-24-17-12(5-4-6-16(17)23-2)11-19-13-7-8-14-15(10-13)21-18(22)20-14/h3-8,10,19H,1,9,11H2,2H3,(H2,20,21,22). The molecule has 24 heavy (non-hydrogen) atoms. The fraction of sp³-hybridized carbons (Fsp3) is 0.167. The van der Waals surface area contributed by atoms with Crippen molar-refractivity contribution in [1.82, 2.24) is 9.97 Å². The van der Waals surface area contributed by atoms with E-state index in [1.807, 2.05) is 36.4 Å². The lowest BCUT2D eigenvalue weighted by molar-refractivity contribution is 0.323. The maximum absolute atomic E-state index is 11.3. The Labute approximate surface area is 139 Å². The predicted octanol–water partition coefficient (Wildman–Crippen LogP) is 3.04. The summed E-state index contributed by atoms with van der Waals surface area (Å²) in [5, 5.41) is 3.33. The number of aromatic nitrogens is 2. The smallest absolute Gasteiger partial charge is 0.323 e. The zero-order chi connectivity index (χ0) is 16.9. The largest absolute Gasteiger partial charge is 0.493 e. The number of hydrogen-bond acceptors (Lipinski definition) is 4. The highest BCUT2D eigenvalue weighted by atomic mass is 16.5. The second-order valence-corrected chi connectivity index (χ2v) is 5.24. The maximum Gasteiger partial charge on any atom is 0.323 e. The normalized spacial score (nSPS) is 10.5. The minimum absolute atomic E-state index is 0.213. The predicted molar refractivity (Wildman–Crippen MR) is 94.9 cm³/mol. The summed E-state index contributed by atoms with van der Waals surface area (Å²) in [6, 6.07) is 11.4. The Balaban J connectivity index is 1.81. The molecule has 0 aliphatic heterocycles. The Morgan fingerprint density at radius 2 is 2.04 bits per heavy atom. The first-order chi connectivity index (χ1) is 11.7. The lowest BCUT2D eigenvalue weighted by Gasteiger charge is -2.15. The topological polar surface area (TPSA) is 79.1 Å². The summed E-state index contributed by atoms with van der Waals surface area (Å²) < 4.78 is 11.1. The molecule has 0 radical (unpaired) electrons. The number of anilines is 1. The summed E-state index contributed by atoms with van der Waals surface area (Å²) in [6.45, 7) is 4.64. The fourth-order valence-electron chi connectivity index (χ4n) is 2.51. The van der Waals surface area contributed by atoms with Gasteiger partial charge in [0.15, 0.2) is 11.5 Å². The SMILES string of the molecule is C=CCOc1c(CNc2ccc3[nH]c(=O)[nH]c3c2)cccc1OC. The number of methoxy groups -OCH3 is 1. The van der Waals surface area contributed by atoms with Gasteiger partial charge in [-0.05, 0) is 24.3 Å². The van der Waals surface area contributed by atoms with Gasteiger partial charge in [-0.1, -0.05) is 24.8 Å². The highest BCUT2D eigenvalue weighted by Crippen LogP contribution is 2.31. The van der Waals surface area contributed by atoms with E-state index in [9.17, 15) is 4.79 Å². The average molecular weight is 325 g/mol. The number of benzene rings is 2. The van der Waals surface area contributed by atoms with Crippen LogP contribution in [-0.2, 0) is 6.54 Å². The van der Waals surface area contributed by atoms with Crippen LogP contribution < -0.4 is 20.5 Å². The van der Waals surface area contributed by atoms with E-state index in [4.69, 9.17) is 9.47 Å². The molecule has 2 aromatic carbocycles. The van der Waals surface area contributed by atoms with Gasteiger partial charge in [0.2, 0.25) is 0 Å². The molecule has 0 aliphatic carbocycles. The number of aromatic amines is 2. The third-order valence-corrected chi connectivity index (χ3v) is 3.62. The third kappa shape index (κ3) is 3.27. The summed E-state index contributed by atoms with van der Waals surface area (Å²) in [6.07, 6.45) is 1.69. The van der Waals surface area contributed by atoms with Crippen LogP contribution in [0.2, 0.25) is 0 Å². The number of ether oxygens (including phenoxy) is 2. The second kappa shape index (κ2) is 6.95. The molecule has 0 aliphatic rings. The molecule has 0 saturated carbocycles. The Morgan fingerprint density at radius 1 is 1.21 bits per heavy atom. The highest BCUT2D eigenvalue weighted by molar-refractivity contribution is 5.78. The van der Waals surface area contributed by atoms with E-state index in [0.29, 0.717) is 24.7 Å². The molecule has 1 heterocycles. The molecule has 124 valence electrons. The van der Waals surface area contributed by atoms with Crippen molar-refractivity contribution in [3.05, 3.63) is 65.1 Å². The lowest BCUT2D eigenvalue weighted by atomic mass is 10.1. The minimum Gasteiger partial charge on any atom is -0.493 e. The van der Waals surface area contributed by atoms with Gasteiger partial charge in [-0.3, -0.25) is 0 Å². The second-order valence-electron chi connectivity index (χ2n) is 5.24. The minimum atomic E-state index is -0.213. The molecule has 0 saturated heterocycles. The van der Waals surface area contributed by atoms with E-state index in [-0.39, 0.29) is 5.69 Å². The van der Waals surface area contributed by atoms with E-state index < -0.39 is 0 Å². The first-order valence-electron chi connectivity index (χ1n) is 7.56. The van der Waals surface area contributed by atoms with Crippen LogP contribution in [0.4, 0.5) is 5.69 Å². The molecule has 0 spiro atoms. The van der Waals surface area contributed by atoms with Gasteiger partial charge < -0.3 is 24.8 Å². The Kier molecular flexibility index (Phi) is 4.56. The van der Waals surface area contributed by atoms with Gasteiger partial charge in [-0.15, -0.1) is 0 Å². The van der Waals surface area contributed by atoms with E-state index in [1.165, 1.54) is 0 Å². The molecule has 3 N–H and O–H groups in total. The van der Waals surface area contributed by atoms with Gasteiger partial charge in [0.25, 0.3) is 0 Å². The van der Waals surface area contributed by atoms with Crippen LogP contribution in [0, 0.1) is 0 Å². The van der Waals surface area contributed by atoms with Crippen molar-refractivity contribution in [2.75, 3.05) is 19.0 Å². The highest BCUT2D eigenvalue weighted by Gasteiger charge is 2.10. The summed E-state index contributed by atoms with van der Waals surface area (Å²) in [7, 11) is 1.61. The molecule has 0 unspecified atom stereocenters. The van der Waals surface area contributed by atoms with Gasteiger partial charge in [-0.25, -0.2) is 4.79 Å². The number of rotatable bonds is 7. The molecule has 0 amide bonds. The Bertz CT molecular complexity index is 911. The van der Waals surface area contributed by atoms with Crippen LogP contribution in [0.15, 0.2) is 53.8 Å². The molecule has 0 fully saturated rings. The van der Waals surface area contributed by atoms with Crippen molar-refractivity contribution in [2.24, 2.45) is 0 Å². The van der Waals surface area contributed by atoms with Crippen LogP contribution >= 0.6 is 0 Å². The quantitative estimate of drug-likeness (QED) is 0.583. The van der Waals surface area contributed by atoms with Gasteiger partial charge >= 0.3 is 5.69 Å². The van der Waals surface area contributed by atoms with Gasteiger partial charge in [0, 0.05) is 17.8 Å². The molecule has 6 nitrogen and oxygen atoms in total. The van der Waals surface area contributed by atoms with Crippen LogP contribution in [0.5, 0.6) is 11.5 Å². The number of H-pyrrole nitrogens is 2. The number of fused-ring (bicyclic) bond motifs is 1. The number of hydrogen-bond donors (Lipinski definition) is 3. The van der Waals surface area contributed by atoms with Gasteiger partial charge in [0.1, 0.15) is 6.61 Å². The van der Waals surface area contributed by atoms with Crippen LogP contribution in [0.3, 0.4) is 0 Å². The molecule has 3 aromatic rings. The average Bonchev–Trinajstić information content (AvgIpc) is 2.97. The van der Waals surface area contributed by atoms with Crippen LogP contribution in [0.25, 0.3) is 11.0 Å². The molecular formula is C18H19N3O3. The monoisotopic (exact) mass is 325 g/mol. The van der Waals surface area contributed by atoms with Crippen molar-refractivity contribution < 1.29 is 9.47 Å². The molecule has 6 heteroatoms. The summed E-state index contributed by atoms with van der Waals surface area (Å²) in [4.78, 5) is 16.8. The molecule has 0 atom stereocenters. The first-order valence-corrected chi connectivity index (χ1v) is 7.56. The molecule has 1 aromatic heterocycles. The number of imidazole rings is 1. The lowest BCUT2D eigenvalue weighted by Crippen LogP contribution is -2.05. The van der Waals surface area contributed by atoms with Crippen LogP contribution in [-0.4, -0.2) is 23.7 Å². The van der Waals surface area contributed by atoms with Crippen molar-refractivity contribution in [3.63, 3.8) is 0 Å².